The summed E-state index contributed by atoms with van der Waals surface area (Å²) >= 11 is 0. The molecule has 0 aliphatic carbocycles. The normalized spacial score (nSPS) is 14.0. The van der Waals surface area contributed by atoms with Crippen LogP contribution in [0.15, 0.2) is 0 Å². The summed E-state index contributed by atoms with van der Waals surface area (Å²) in [5.74, 6) is -2.12. The van der Waals surface area contributed by atoms with Gasteiger partial charge in [0.05, 0.1) is 26.4 Å². The second-order valence-electron chi connectivity index (χ2n) is 25.3. The molecule has 0 aliphatic rings. The van der Waals surface area contributed by atoms with Gasteiger partial charge in [-0.05, 0) is 25.7 Å². The van der Waals surface area contributed by atoms with Crippen LogP contribution in [-0.4, -0.2) is 96.7 Å². The Labute approximate surface area is 543 Å². The van der Waals surface area contributed by atoms with Gasteiger partial charge in [-0.15, -0.1) is 0 Å². The van der Waals surface area contributed by atoms with Crippen LogP contribution in [0, 0.1) is 0 Å². The molecule has 2 unspecified atom stereocenters. The number of carbonyl (C=O) groups excluding carboxylic acids is 4. The number of hydrogen-bond donors (Lipinski definition) is 3. The number of aliphatic hydroxyl groups excluding tert-OH is 1. The van der Waals surface area contributed by atoms with Gasteiger partial charge in [0, 0.05) is 25.7 Å². The second kappa shape index (κ2) is 64.8. The lowest BCUT2D eigenvalue weighted by Crippen LogP contribution is -2.30. The molecule has 89 heavy (non-hydrogen) atoms. The Morgan fingerprint density at radius 1 is 0.270 bits per heavy atom. The zero-order valence-corrected chi connectivity index (χ0v) is 59.2. The number of phosphoric acid groups is 2. The molecule has 528 valence electrons. The molecular weight excluding hydrogens is 1170 g/mol. The van der Waals surface area contributed by atoms with Crippen molar-refractivity contribution < 1.29 is 80.2 Å². The molecule has 0 fully saturated rings. The van der Waals surface area contributed by atoms with Crippen molar-refractivity contribution in [3.05, 3.63) is 0 Å². The Kier molecular flexibility index (Phi) is 63.3. The Morgan fingerprint density at radius 3 is 0.663 bits per heavy atom. The number of esters is 4. The zero-order valence-electron chi connectivity index (χ0n) is 57.4. The molecule has 0 aromatic heterocycles. The van der Waals surface area contributed by atoms with Gasteiger partial charge in [0.1, 0.15) is 19.3 Å². The highest BCUT2D eigenvalue weighted by Gasteiger charge is 2.30. The van der Waals surface area contributed by atoms with E-state index in [1.165, 1.54) is 199 Å². The summed E-state index contributed by atoms with van der Waals surface area (Å²) in [6.07, 6.45) is 52.5. The van der Waals surface area contributed by atoms with E-state index < -0.39 is 97.5 Å². The van der Waals surface area contributed by atoms with Gasteiger partial charge in [0.25, 0.3) is 0 Å². The molecule has 0 aliphatic heterocycles. The van der Waals surface area contributed by atoms with Crippen molar-refractivity contribution >= 4 is 39.5 Å². The molecule has 19 heteroatoms. The van der Waals surface area contributed by atoms with Gasteiger partial charge >= 0.3 is 39.5 Å². The molecule has 3 N–H and O–H groups in total. The van der Waals surface area contributed by atoms with Crippen molar-refractivity contribution in [2.24, 2.45) is 0 Å². The van der Waals surface area contributed by atoms with Crippen LogP contribution >= 0.6 is 15.6 Å². The van der Waals surface area contributed by atoms with E-state index in [0.717, 1.165) is 89.9 Å². The highest BCUT2D eigenvalue weighted by Crippen LogP contribution is 2.45. The van der Waals surface area contributed by atoms with Crippen LogP contribution in [0.5, 0.6) is 0 Å². The molecule has 0 radical (unpaired) electrons. The maximum atomic E-state index is 13.0. The monoisotopic (exact) mass is 1310 g/mol. The summed E-state index contributed by atoms with van der Waals surface area (Å²) in [7, 11) is -9.89. The molecule has 0 rings (SSSR count). The summed E-state index contributed by atoms with van der Waals surface area (Å²) in [5, 5.41) is 10.6. The summed E-state index contributed by atoms with van der Waals surface area (Å²) < 4.78 is 68.3. The molecule has 0 aromatic carbocycles. The molecule has 5 atom stereocenters. The van der Waals surface area contributed by atoms with E-state index >= 15 is 0 Å². The number of unbranched alkanes of at least 4 members (excludes halogenated alkanes) is 45. The lowest BCUT2D eigenvalue weighted by atomic mass is 10.0. The fourth-order valence-electron chi connectivity index (χ4n) is 10.7. The van der Waals surface area contributed by atoms with E-state index in [1.54, 1.807) is 0 Å². The highest BCUT2D eigenvalue weighted by atomic mass is 31.2. The average Bonchev–Trinajstić information content (AvgIpc) is 3.72. The number of rotatable bonds is 71. The number of aliphatic hydroxyl groups is 1. The summed E-state index contributed by atoms with van der Waals surface area (Å²) in [4.78, 5) is 72.5. The first kappa shape index (κ1) is 87.1. The van der Waals surface area contributed by atoms with Crippen LogP contribution in [0.1, 0.15) is 368 Å². The molecule has 0 heterocycles. The molecule has 0 spiro atoms. The first-order valence-electron chi connectivity index (χ1n) is 36.8. The quantitative estimate of drug-likeness (QED) is 0.0222. The summed E-state index contributed by atoms with van der Waals surface area (Å²) in [5.41, 5.74) is 0. The molecule has 0 saturated carbocycles. The van der Waals surface area contributed by atoms with Crippen molar-refractivity contribution in [1.82, 2.24) is 0 Å². The number of carbonyl (C=O) groups is 4. The van der Waals surface area contributed by atoms with Crippen molar-refractivity contribution in [3.63, 3.8) is 0 Å². The van der Waals surface area contributed by atoms with Crippen LogP contribution in [0.3, 0.4) is 0 Å². The van der Waals surface area contributed by atoms with Gasteiger partial charge < -0.3 is 33.8 Å². The first-order valence-corrected chi connectivity index (χ1v) is 39.8. The van der Waals surface area contributed by atoms with Crippen molar-refractivity contribution in [1.29, 1.82) is 0 Å². The van der Waals surface area contributed by atoms with E-state index in [9.17, 15) is 43.2 Å². The van der Waals surface area contributed by atoms with Crippen LogP contribution in [-0.2, 0) is 65.4 Å². The molecule has 0 amide bonds. The molecule has 0 aromatic rings. The SMILES string of the molecule is CCCCCCCCCCCCCCCCCC(=O)OC[C@H](COP(=O)(O)OC[C@H](O)COP(=O)(O)OC[C@@H](COC(=O)CCCCCCCCCCCCCC)OC(=O)CCCCCCCCCCCCC)OC(=O)CCCCCCCCCCCCC. The molecule has 0 bridgehead atoms. The van der Waals surface area contributed by atoms with Crippen LogP contribution in [0.4, 0.5) is 0 Å². The van der Waals surface area contributed by atoms with Crippen LogP contribution in [0.25, 0.3) is 0 Å². The number of ether oxygens (including phenoxy) is 4. The van der Waals surface area contributed by atoms with Crippen molar-refractivity contribution in [2.75, 3.05) is 39.6 Å². The topological polar surface area (TPSA) is 237 Å². The van der Waals surface area contributed by atoms with E-state index in [4.69, 9.17) is 37.0 Å². The lowest BCUT2D eigenvalue weighted by Gasteiger charge is -2.21. The highest BCUT2D eigenvalue weighted by molar-refractivity contribution is 7.47. The van der Waals surface area contributed by atoms with E-state index in [2.05, 4.69) is 27.7 Å². The Morgan fingerprint density at radius 2 is 0.449 bits per heavy atom. The minimum atomic E-state index is -4.95. The van der Waals surface area contributed by atoms with Crippen molar-refractivity contribution in [3.8, 4) is 0 Å². The van der Waals surface area contributed by atoms with Crippen LogP contribution in [0.2, 0.25) is 0 Å². The largest absolute Gasteiger partial charge is 0.472 e. The minimum absolute atomic E-state index is 0.108. The predicted molar refractivity (Wildman–Crippen MR) is 359 cm³/mol. The van der Waals surface area contributed by atoms with Crippen molar-refractivity contribution in [2.45, 2.75) is 386 Å². The fraction of sp³-hybridized carbons (Fsp3) is 0.943. The van der Waals surface area contributed by atoms with E-state index in [1.807, 2.05) is 0 Å². The summed E-state index contributed by atoms with van der Waals surface area (Å²) in [6, 6.07) is 0. The first-order chi connectivity index (χ1) is 43.2. The summed E-state index contributed by atoms with van der Waals surface area (Å²) in [6.45, 7) is 4.94. The Bertz CT molecular complexity index is 1710. The smallest absolute Gasteiger partial charge is 0.462 e. The van der Waals surface area contributed by atoms with E-state index in [0.29, 0.717) is 25.7 Å². The van der Waals surface area contributed by atoms with Gasteiger partial charge in [0.2, 0.25) is 0 Å². The Balaban J connectivity index is 5.22. The van der Waals surface area contributed by atoms with E-state index in [-0.39, 0.29) is 25.7 Å². The molecular formula is C70H136O17P2. The molecule has 0 saturated heterocycles. The van der Waals surface area contributed by atoms with Gasteiger partial charge in [-0.3, -0.25) is 37.3 Å². The maximum absolute atomic E-state index is 13.0. The lowest BCUT2D eigenvalue weighted by molar-refractivity contribution is -0.161. The third kappa shape index (κ3) is 64.6. The third-order valence-electron chi connectivity index (χ3n) is 16.4. The second-order valence-corrected chi connectivity index (χ2v) is 28.2. The number of phosphoric ester groups is 2. The predicted octanol–water partition coefficient (Wildman–Crippen LogP) is 20.3. The molecule has 17 nitrogen and oxygen atoms in total. The zero-order chi connectivity index (χ0) is 65.4. The minimum Gasteiger partial charge on any atom is -0.462 e. The fourth-order valence-corrected chi connectivity index (χ4v) is 12.3. The van der Waals surface area contributed by atoms with Gasteiger partial charge in [0.15, 0.2) is 12.2 Å². The Hall–Kier alpha value is -1.94. The van der Waals surface area contributed by atoms with Gasteiger partial charge in [-0.25, -0.2) is 9.13 Å². The average molecular weight is 1310 g/mol. The standard InChI is InChI=1S/C70H136O17P2/c1-5-9-13-17-21-25-29-31-32-33-37-39-43-47-51-55-68(73)81-61-66(87-70(75)57-53-49-45-41-35-28-24-20-16-12-8-4)63-85-89(78,79)83-59-64(71)58-82-88(76,77)84-62-65(86-69(74)56-52-48-44-40-34-27-23-19-15-11-7-3)60-80-67(72)54-50-46-42-38-36-30-26-22-18-14-10-6-2/h64-66,71H,5-63H2,1-4H3,(H,76,77)(H,78,79)/t64-,65-,66-/m1/s1. The maximum Gasteiger partial charge on any atom is 0.472 e. The third-order valence-corrected chi connectivity index (χ3v) is 18.3. The number of hydrogen-bond acceptors (Lipinski definition) is 15. The van der Waals surface area contributed by atoms with Crippen LogP contribution < -0.4 is 0 Å². The van der Waals surface area contributed by atoms with Gasteiger partial charge in [-0.2, -0.15) is 0 Å². The van der Waals surface area contributed by atoms with Gasteiger partial charge in [-0.1, -0.05) is 317 Å².